The Hall–Kier alpha value is -1.10. The molecule has 114 valence electrons. The van der Waals surface area contributed by atoms with Crippen molar-refractivity contribution < 1.29 is 0 Å². The standard InChI is InChI=1S/C15H29N5/c1-5-15(3,4)13-17-14(19-18-13)20-9-7-12(8-10-20)11-16-6-2/h12,16H,5-11H2,1-4H3,(H,17,18,19). The zero-order valence-corrected chi connectivity index (χ0v) is 13.4. The number of hydrogen-bond donors (Lipinski definition) is 2. The number of piperidine rings is 1. The number of hydrogen-bond acceptors (Lipinski definition) is 4. The first-order valence-electron chi connectivity index (χ1n) is 7.95. The minimum Gasteiger partial charge on any atom is -0.340 e. The number of anilines is 1. The van der Waals surface area contributed by atoms with Gasteiger partial charge in [0.05, 0.1) is 0 Å². The van der Waals surface area contributed by atoms with Gasteiger partial charge in [0.1, 0.15) is 5.82 Å². The quantitative estimate of drug-likeness (QED) is 0.839. The number of nitrogens with zero attached hydrogens (tertiary/aromatic N) is 3. The van der Waals surface area contributed by atoms with E-state index in [0.29, 0.717) is 0 Å². The molecule has 1 aromatic heterocycles. The highest BCUT2D eigenvalue weighted by atomic mass is 15.4. The van der Waals surface area contributed by atoms with Gasteiger partial charge in [0.25, 0.3) is 0 Å². The van der Waals surface area contributed by atoms with Crippen LogP contribution in [-0.2, 0) is 5.41 Å². The number of H-pyrrole nitrogens is 1. The molecule has 0 atom stereocenters. The van der Waals surface area contributed by atoms with Crippen molar-refractivity contribution in [2.24, 2.45) is 5.92 Å². The summed E-state index contributed by atoms with van der Waals surface area (Å²) in [6, 6.07) is 0. The van der Waals surface area contributed by atoms with Crippen LogP contribution in [0.25, 0.3) is 0 Å². The monoisotopic (exact) mass is 279 g/mol. The summed E-state index contributed by atoms with van der Waals surface area (Å²) >= 11 is 0. The van der Waals surface area contributed by atoms with Crippen LogP contribution in [0.1, 0.15) is 52.8 Å². The maximum absolute atomic E-state index is 4.71. The van der Waals surface area contributed by atoms with Gasteiger partial charge in [0.2, 0.25) is 5.95 Å². The summed E-state index contributed by atoms with van der Waals surface area (Å²) in [5.41, 5.74) is 0.0780. The summed E-state index contributed by atoms with van der Waals surface area (Å²) in [6.07, 6.45) is 3.52. The second-order valence-electron chi connectivity index (χ2n) is 6.46. The molecule has 1 fully saturated rings. The molecule has 20 heavy (non-hydrogen) atoms. The molecule has 0 aliphatic carbocycles. The fourth-order valence-electron chi connectivity index (χ4n) is 2.55. The van der Waals surface area contributed by atoms with Crippen LogP contribution in [0.3, 0.4) is 0 Å². The topological polar surface area (TPSA) is 56.8 Å². The van der Waals surface area contributed by atoms with Crippen LogP contribution >= 0.6 is 0 Å². The summed E-state index contributed by atoms with van der Waals surface area (Å²) in [4.78, 5) is 7.02. The van der Waals surface area contributed by atoms with E-state index in [9.17, 15) is 0 Å². The average Bonchev–Trinajstić information content (AvgIpc) is 2.96. The summed E-state index contributed by atoms with van der Waals surface area (Å²) in [6.45, 7) is 13.1. The molecular weight excluding hydrogens is 250 g/mol. The van der Waals surface area contributed by atoms with Gasteiger partial charge >= 0.3 is 0 Å². The molecule has 5 nitrogen and oxygen atoms in total. The van der Waals surface area contributed by atoms with E-state index in [1.807, 2.05) is 0 Å². The molecule has 1 aromatic rings. The Bertz CT molecular complexity index is 404. The normalized spacial score (nSPS) is 17.7. The predicted molar refractivity (Wildman–Crippen MR) is 83.2 cm³/mol. The molecular formula is C15H29N5. The highest BCUT2D eigenvalue weighted by Crippen LogP contribution is 2.26. The van der Waals surface area contributed by atoms with E-state index < -0.39 is 0 Å². The van der Waals surface area contributed by atoms with Crippen molar-refractivity contribution in [1.82, 2.24) is 20.5 Å². The van der Waals surface area contributed by atoms with Crippen molar-refractivity contribution in [2.45, 2.75) is 52.4 Å². The first-order valence-corrected chi connectivity index (χ1v) is 7.95. The van der Waals surface area contributed by atoms with E-state index in [0.717, 1.165) is 50.3 Å². The Kier molecular flexibility index (Phi) is 5.02. The highest BCUT2D eigenvalue weighted by Gasteiger charge is 2.26. The SMILES string of the molecule is CCNCC1CCN(c2n[nH]c(C(C)(C)CC)n2)CC1. The van der Waals surface area contributed by atoms with Crippen molar-refractivity contribution in [3.05, 3.63) is 5.82 Å². The molecule has 0 radical (unpaired) electrons. The molecule has 2 rings (SSSR count). The Morgan fingerprint density at radius 2 is 2.00 bits per heavy atom. The molecule has 0 aromatic carbocycles. The lowest BCUT2D eigenvalue weighted by Gasteiger charge is -2.31. The first kappa shape index (κ1) is 15.3. The van der Waals surface area contributed by atoms with Crippen molar-refractivity contribution in [2.75, 3.05) is 31.1 Å². The largest absolute Gasteiger partial charge is 0.340 e. The maximum Gasteiger partial charge on any atom is 0.244 e. The van der Waals surface area contributed by atoms with Gasteiger partial charge in [0.15, 0.2) is 0 Å². The molecule has 0 spiro atoms. The van der Waals surface area contributed by atoms with E-state index >= 15 is 0 Å². The van der Waals surface area contributed by atoms with Gasteiger partial charge in [0, 0.05) is 18.5 Å². The predicted octanol–water partition coefficient (Wildman–Crippen LogP) is 2.32. The third kappa shape index (κ3) is 3.51. The number of rotatable bonds is 6. The van der Waals surface area contributed by atoms with Gasteiger partial charge in [-0.1, -0.05) is 27.7 Å². The molecule has 0 unspecified atom stereocenters. The number of aromatic amines is 1. The first-order chi connectivity index (χ1) is 9.56. The van der Waals surface area contributed by atoms with E-state index in [2.05, 4.69) is 48.1 Å². The smallest absolute Gasteiger partial charge is 0.244 e. The molecule has 0 bridgehead atoms. The van der Waals surface area contributed by atoms with Crippen LogP contribution in [0.2, 0.25) is 0 Å². The second-order valence-corrected chi connectivity index (χ2v) is 6.46. The zero-order chi connectivity index (χ0) is 14.6. The van der Waals surface area contributed by atoms with Gasteiger partial charge in [-0.25, -0.2) is 0 Å². The van der Waals surface area contributed by atoms with Crippen molar-refractivity contribution in [3.63, 3.8) is 0 Å². The number of aromatic nitrogens is 3. The Balaban J connectivity index is 1.91. The molecule has 2 N–H and O–H groups in total. The second kappa shape index (κ2) is 6.57. The lowest BCUT2D eigenvalue weighted by Crippen LogP contribution is -2.37. The van der Waals surface area contributed by atoms with Crippen molar-refractivity contribution in [1.29, 1.82) is 0 Å². The van der Waals surface area contributed by atoms with E-state index in [1.165, 1.54) is 12.8 Å². The van der Waals surface area contributed by atoms with Gasteiger partial charge in [-0.3, -0.25) is 5.10 Å². The minimum atomic E-state index is 0.0780. The maximum atomic E-state index is 4.71. The zero-order valence-electron chi connectivity index (χ0n) is 13.4. The third-order valence-electron chi connectivity index (χ3n) is 4.58. The summed E-state index contributed by atoms with van der Waals surface area (Å²) in [5, 5.41) is 11.0. The summed E-state index contributed by atoms with van der Waals surface area (Å²) < 4.78 is 0. The van der Waals surface area contributed by atoms with Crippen LogP contribution in [0, 0.1) is 5.92 Å². The average molecular weight is 279 g/mol. The van der Waals surface area contributed by atoms with Crippen molar-refractivity contribution in [3.8, 4) is 0 Å². The molecule has 5 heteroatoms. The van der Waals surface area contributed by atoms with E-state index in [4.69, 9.17) is 4.98 Å². The van der Waals surface area contributed by atoms with Crippen LogP contribution < -0.4 is 10.2 Å². The van der Waals surface area contributed by atoms with Crippen LogP contribution in [0.4, 0.5) is 5.95 Å². The van der Waals surface area contributed by atoms with Crippen LogP contribution in [0.5, 0.6) is 0 Å². The Morgan fingerprint density at radius 3 is 2.60 bits per heavy atom. The fourth-order valence-corrected chi connectivity index (χ4v) is 2.55. The molecule has 1 aliphatic rings. The van der Waals surface area contributed by atoms with E-state index in [-0.39, 0.29) is 5.41 Å². The highest BCUT2D eigenvalue weighted by molar-refractivity contribution is 5.30. The van der Waals surface area contributed by atoms with Crippen molar-refractivity contribution >= 4 is 5.95 Å². The minimum absolute atomic E-state index is 0.0780. The third-order valence-corrected chi connectivity index (χ3v) is 4.58. The number of nitrogens with one attached hydrogen (secondary N) is 2. The molecule has 2 heterocycles. The van der Waals surface area contributed by atoms with Gasteiger partial charge in [-0.05, 0) is 38.3 Å². The molecule has 1 aliphatic heterocycles. The van der Waals surface area contributed by atoms with Gasteiger partial charge < -0.3 is 10.2 Å². The van der Waals surface area contributed by atoms with Gasteiger partial charge in [-0.2, -0.15) is 4.98 Å². The Morgan fingerprint density at radius 1 is 1.30 bits per heavy atom. The van der Waals surface area contributed by atoms with Crippen LogP contribution in [0.15, 0.2) is 0 Å². The van der Waals surface area contributed by atoms with Crippen LogP contribution in [-0.4, -0.2) is 41.4 Å². The Labute approximate surface area is 122 Å². The lowest BCUT2D eigenvalue weighted by molar-refractivity contribution is 0.384. The summed E-state index contributed by atoms with van der Waals surface area (Å²) in [7, 11) is 0. The lowest BCUT2D eigenvalue weighted by atomic mass is 9.90. The molecule has 0 saturated carbocycles. The fraction of sp³-hybridized carbons (Fsp3) is 0.867. The summed E-state index contributed by atoms with van der Waals surface area (Å²) in [5.74, 6) is 2.69. The van der Waals surface area contributed by atoms with E-state index in [1.54, 1.807) is 0 Å². The molecule has 1 saturated heterocycles. The van der Waals surface area contributed by atoms with Gasteiger partial charge in [-0.15, -0.1) is 5.10 Å². The molecule has 0 amide bonds.